The van der Waals surface area contributed by atoms with Crippen LogP contribution in [0.4, 0.5) is 22.0 Å². The molecule has 0 radical (unpaired) electrons. The second kappa shape index (κ2) is 8.09. The first-order valence-corrected chi connectivity index (χ1v) is 6.32. The van der Waals surface area contributed by atoms with Gasteiger partial charge in [0, 0.05) is 12.8 Å². The van der Waals surface area contributed by atoms with E-state index in [1.807, 2.05) is 0 Å². The normalized spacial score (nSPS) is 12.1. The molecule has 0 aromatic carbocycles. The van der Waals surface area contributed by atoms with Crippen LogP contribution in [0, 0.1) is 0 Å². The first-order chi connectivity index (χ1) is 9.51. The van der Waals surface area contributed by atoms with Crippen LogP contribution in [0.25, 0.3) is 0 Å². The molecule has 0 unspecified atom stereocenters. The largest absolute Gasteiger partial charge is 0.465 e. The minimum absolute atomic E-state index is 0.0751. The molecule has 8 heteroatoms. The molecule has 0 saturated carbocycles. The summed E-state index contributed by atoms with van der Waals surface area (Å²) in [6, 6.07) is 0. The zero-order chi connectivity index (χ0) is 16.7. The summed E-state index contributed by atoms with van der Waals surface area (Å²) in [7, 11) is 0. The maximum absolute atomic E-state index is 12.5. The molecule has 0 aliphatic heterocycles. The summed E-state index contributed by atoms with van der Waals surface area (Å²) in [6.07, 6.45) is -7.60. The molecule has 0 rings (SSSR count). The number of halogens is 5. The van der Waals surface area contributed by atoms with Crippen molar-refractivity contribution >= 4 is 11.8 Å². The first kappa shape index (κ1) is 19.5. The number of hydrogen-bond donors (Lipinski definition) is 0. The highest BCUT2D eigenvalue weighted by molar-refractivity contribution is 5.98. The highest BCUT2D eigenvalue weighted by Gasteiger charge is 2.56. The van der Waals surface area contributed by atoms with Gasteiger partial charge in [-0.15, -0.1) is 0 Å². The van der Waals surface area contributed by atoms with E-state index >= 15 is 0 Å². The van der Waals surface area contributed by atoms with Gasteiger partial charge in [-0.05, 0) is 18.4 Å². The third kappa shape index (κ3) is 7.19. The first-order valence-electron chi connectivity index (χ1n) is 6.32. The Kier molecular flexibility index (Phi) is 7.52. The van der Waals surface area contributed by atoms with E-state index in [1.165, 1.54) is 0 Å². The van der Waals surface area contributed by atoms with E-state index in [0.29, 0.717) is 0 Å². The fourth-order valence-corrected chi connectivity index (χ4v) is 1.35. The van der Waals surface area contributed by atoms with Crippen LogP contribution in [0.2, 0.25) is 0 Å². The third-order valence-corrected chi connectivity index (χ3v) is 2.64. The molecule has 0 heterocycles. The summed E-state index contributed by atoms with van der Waals surface area (Å²) in [5, 5.41) is 0. The van der Waals surface area contributed by atoms with Crippen molar-refractivity contribution in [3.8, 4) is 0 Å². The second-order valence-corrected chi connectivity index (χ2v) is 4.44. The van der Waals surface area contributed by atoms with Crippen molar-refractivity contribution < 1.29 is 36.3 Å². The lowest BCUT2D eigenvalue weighted by Gasteiger charge is -2.19. The highest BCUT2D eigenvalue weighted by atomic mass is 19.4. The molecular weight excluding hydrogens is 299 g/mol. The topological polar surface area (TPSA) is 43.4 Å². The van der Waals surface area contributed by atoms with E-state index in [0.717, 1.165) is 0 Å². The Morgan fingerprint density at radius 1 is 1.10 bits per heavy atom. The Morgan fingerprint density at radius 3 is 2.14 bits per heavy atom. The fraction of sp³-hybridized carbons (Fsp3) is 0.692. The minimum atomic E-state index is -5.57. The van der Waals surface area contributed by atoms with Crippen molar-refractivity contribution in [2.45, 2.75) is 51.1 Å². The highest BCUT2D eigenvalue weighted by Crippen LogP contribution is 2.38. The molecule has 0 amide bonds. The minimum Gasteiger partial charge on any atom is -0.465 e. The molecular formula is C13H17F5O3. The Bertz CT molecular complexity index is 388. The Balaban J connectivity index is 3.89. The molecule has 3 nitrogen and oxygen atoms in total. The van der Waals surface area contributed by atoms with Gasteiger partial charge in [0.1, 0.15) is 0 Å². The van der Waals surface area contributed by atoms with Crippen molar-refractivity contribution in [3.63, 3.8) is 0 Å². The Morgan fingerprint density at radius 2 is 1.67 bits per heavy atom. The van der Waals surface area contributed by atoms with E-state index in [1.54, 1.807) is 6.92 Å². The number of unbranched alkanes of at least 4 members (excludes halogenated alkanes) is 1. The number of Topliss-reactive ketones (excluding diaryl/α,β-unsaturated/α-hetero) is 1. The van der Waals surface area contributed by atoms with Gasteiger partial charge < -0.3 is 4.74 Å². The fourth-order valence-electron chi connectivity index (χ4n) is 1.35. The van der Waals surface area contributed by atoms with Gasteiger partial charge in [0.2, 0.25) is 0 Å². The van der Waals surface area contributed by atoms with Gasteiger partial charge in [0.15, 0.2) is 5.78 Å². The molecule has 122 valence electrons. The van der Waals surface area contributed by atoms with Crippen molar-refractivity contribution in [2.75, 3.05) is 6.61 Å². The quantitative estimate of drug-likeness (QED) is 0.281. The van der Waals surface area contributed by atoms with Crippen LogP contribution in [0.15, 0.2) is 12.2 Å². The van der Waals surface area contributed by atoms with Gasteiger partial charge in [0.25, 0.3) is 0 Å². The maximum Gasteiger partial charge on any atom is 0.453 e. The summed E-state index contributed by atoms with van der Waals surface area (Å²) in [5.41, 5.74) is 0.0751. The summed E-state index contributed by atoms with van der Waals surface area (Å²) < 4.78 is 65.2. The van der Waals surface area contributed by atoms with Crippen LogP contribution in [-0.2, 0) is 14.3 Å². The van der Waals surface area contributed by atoms with E-state index in [4.69, 9.17) is 0 Å². The molecule has 0 bridgehead atoms. The summed E-state index contributed by atoms with van der Waals surface area (Å²) in [6.45, 7) is 4.71. The number of carbonyl (C=O) groups is 2. The summed E-state index contributed by atoms with van der Waals surface area (Å²) in [4.78, 5) is 22.4. The van der Waals surface area contributed by atoms with E-state index < -0.39 is 30.9 Å². The number of carbonyl (C=O) groups excluding carboxylic acids is 2. The molecule has 0 aromatic rings. The Labute approximate surface area is 119 Å². The lowest BCUT2D eigenvalue weighted by molar-refractivity contribution is -0.284. The third-order valence-electron chi connectivity index (χ3n) is 2.64. The Hall–Kier alpha value is -1.47. The standard InChI is InChI=1S/C13H17F5O3/c1-3-10(19)9(2)8-11(20)21-7-5-4-6-12(14,15)13(16,17)18/h2-8H2,1H3. The van der Waals surface area contributed by atoms with Gasteiger partial charge in [-0.2, -0.15) is 22.0 Å². The molecule has 0 saturated heterocycles. The van der Waals surface area contributed by atoms with Crippen LogP contribution in [0.1, 0.15) is 39.0 Å². The molecule has 0 atom stereocenters. The maximum atomic E-state index is 12.5. The van der Waals surface area contributed by atoms with Crippen molar-refractivity contribution in [1.82, 2.24) is 0 Å². The number of ether oxygens (including phenoxy) is 1. The van der Waals surface area contributed by atoms with Crippen LogP contribution < -0.4 is 0 Å². The zero-order valence-electron chi connectivity index (χ0n) is 11.6. The van der Waals surface area contributed by atoms with Crippen molar-refractivity contribution in [1.29, 1.82) is 0 Å². The van der Waals surface area contributed by atoms with Crippen LogP contribution in [-0.4, -0.2) is 30.5 Å². The molecule has 0 aliphatic carbocycles. The average Bonchev–Trinajstić information content (AvgIpc) is 2.35. The van der Waals surface area contributed by atoms with E-state index in [-0.39, 0.29) is 37.2 Å². The lowest BCUT2D eigenvalue weighted by atomic mass is 10.1. The van der Waals surface area contributed by atoms with Gasteiger partial charge >= 0.3 is 18.1 Å². The second-order valence-electron chi connectivity index (χ2n) is 4.44. The number of hydrogen-bond acceptors (Lipinski definition) is 3. The molecule has 0 aliphatic rings. The van der Waals surface area contributed by atoms with Gasteiger partial charge in [-0.3, -0.25) is 9.59 Å². The van der Waals surface area contributed by atoms with Crippen molar-refractivity contribution in [3.05, 3.63) is 12.2 Å². The van der Waals surface area contributed by atoms with Gasteiger partial charge in [0.05, 0.1) is 13.0 Å². The van der Waals surface area contributed by atoms with E-state index in [9.17, 15) is 31.5 Å². The molecule has 0 N–H and O–H groups in total. The zero-order valence-corrected chi connectivity index (χ0v) is 11.6. The van der Waals surface area contributed by atoms with Gasteiger partial charge in [-0.25, -0.2) is 0 Å². The van der Waals surface area contributed by atoms with Gasteiger partial charge in [-0.1, -0.05) is 13.5 Å². The summed E-state index contributed by atoms with van der Waals surface area (Å²) in [5.74, 6) is -5.79. The molecule has 21 heavy (non-hydrogen) atoms. The summed E-state index contributed by atoms with van der Waals surface area (Å²) >= 11 is 0. The monoisotopic (exact) mass is 316 g/mol. The average molecular weight is 316 g/mol. The van der Waals surface area contributed by atoms with E-state index in [2.05, 4.69) is 11.3 Å². The number of rotatable bonds is 9. The predicted octanol–water partition coefficient (Wildman–Crippen LogP) is 3.82. The number of ketones is 1. The van der Waals surface area contributed by atoms with Crippen LogP contribution >= 0.6 is 0 Å². The van der Waals surface area contributed by atoms with Crippen molar-refractivity contribution in [2.24, 2.45) is 0 Å². The SMILES string of the molecule is C=C(CC(=O)OCCCCC(F)(F)C(F)(F)F)C(=O)CC. The lowest BCUT2D eigenvalue weighted by Crippen LogP contribution is -2.36. The molecule has 0 fully saturated rings. The smallest absolute Gasteiger partial charge is 0.453 e. The van der Waals surface area contributed by atoms with Crippen LogP contribution in [0.5, 0.6) is 0 Å². The molecule has 0 spiro atoms. The predicted molar refractivity (Wildman–Crippen MR) is 64.9 cm³/mol. The van der Waals surface area contributed by atoms with Crippen LogP contribution in [0.3, 0.4) is 0 Å². The molecule has 0 aromatic heterocycles. The number of esters is 1. The number of alkyl halides is 5.